The Balaban J connectivity index is 1.64. The standard InChI is InChI=1S/C34H32N2S/c1-22(2)26-13-10-14-27(23(3)4)33(26)36-31-16-9-8-15-30(31)35-34(36)29-21-37-32-18-17-25(20-28(29)32)19-24-11-6-5-7-12-24/h5-18,20-23H,19H2,1-4H3/i19D2. The van der Waals surface area contributed by atoms with Gasteiger partial charge in [-0.15, -0.1) is 11.3 Å². The summed E-state index contributed by atoms with van der Waals surface area (Å²) in [6.45, 7) is 9.00. The van der Waals surface area contributed by atoms with Crippen LogP contribution in [0.25, 0.3) is 38.2 Å². The molecule has 2 aromatic heterocycles. The summed E-state index contributed by atoms with van der Waals surface area (Å²) in [7, 11) is 0. The van der Waals surface area contributed by atoms with Crippen molar-refractivity contribution < 1.29 is 2.74 Å². The van der Waals surface area contributed by atoms with E-state index in [4.69, 9.17) is 7.73 Å². The van der Waals surface area contributed by atoms with Crippen LogP contribution in [-0.4, -0.2) is 9.55 Å². The van der Waals surface area contributed by atoms with E-state index in [9.17, 15) is 0 Å². The van der Waals surface area contributed by atoms with Gasteiger partial charge in [-0.2, -0.15) is 0 Å². The summed E-state index contributed by atoms with van der Waals surface area (Å²) in [4.78, 5) is 5.21. The normalized spacial score (nSPS) is 13.0. The fraction of sp³-hybridized carbons (Fsp3) is 0.206. The summed E-state index contributed by atoms with van der Waals surface area (Å²) in [5.74, 6) is 1.59. The summed E-state index contributed by atoms with van der Waals surface area (Å²) < 4.78 is 21.4. The first-order valence-electron chi connectivity index (χ1n) is 14.0. The van der Waals surface area contributed by atoms with Crippen LogP contribution in [0.5, 0.6) is 0 Å². The molecule has 0 saturated heterocycles. The Labute approximate surface area is 226 Å². The smallest absolute Gasteiger partial charge is 0.147 e. The van der Waals surface area contributed by atoms with Crippen LogP contribution in [0.1, 0.15) is 64.5 Å². The van der Waals surface area contributed by atoms with Gasteiger partial charge in [0.05, 0.1) is 16.7 Å². The van der Waals surface area contributed by atoms with Gasteiger partial charge in [-0.25, -0.2) is 4.98 Å². The lowest BCUT2D eigenvalue weighted by molar-refractivity contribution is 0.811. The summed E-state index contributed by atoms with van der Waals surface area (Å²) in [6.07, 6.45) is -1.61. The van der Waals surface area contributed by atoms with Gasteiger partial charge in [-0.1, -0.05) is 94.4 Å². The van der Waals surface area contributed by atoms with Crippen LogP contribution < -0.4 is 0 Å². The van der Waals surface area contributed by atoms with Crippen molar-refractivity contribution >= 4 is 32.5 Å². The highest BCUT2D eigenvalue weighted by molar-refractivity contribution is 7.17. The summed E-state index contributed by atoms with van der Waals surface area (Å²) >= 11 is 1.68. The number of hydrogen-bond donors (Lipinski definition) is 0. The van der Waals surface area contributed by atoms with E-state index in [1.165, 1.54) is 16.8 Å². The Morgan fingerprint density at radius 3 is 2.22 bits per heavy atom. The van der Waals surface area contributed by atoms with Gasteiger partial charge in [0.15, 0.2) is 0 Å². The first kappa shape index (κ1) is 21.4. The van der Waals surface area contributed by atoms with Crippen molar-refractivity contribution in [1.82, 2.24) is 9.55 Å². The van der Waals surface area contributed by atoms with Crippen molar-refractivity contribution in [2.75, 3.05) is 0 Å². The summed E-state index contributed by atoms with van der Waals surface area (Å²) in [5.41, 5.74) is 8.17. The minimum Gasteiger partial charge on any atom is -0.292 e. The minimum absolute atomic E-state index is 0.344. The largest absolute Gasteiger partial charge is 0.292 e. The van der Waals surface area contributed by atoms with Crippen LogP contribution in [-0.2, 0) is 6.37 Å². The first-order chi connectivity index (χ1) is 18.8. The van der Waals surface area contributed by atoms with E-state index in [0.717, 1.165) is 32.5 Å². The Morgan fingerprint density at radius 1 is 0.784 bits per heavy atom. The third-order valence-electron chi connectivity index (χ3n) is 7.00. The number of thiophene rings is 1. The van der Waals surface area contributed by atoms with E-state index in [1.54, 1.807) is 11.3 Å². The van der Waals surface area contributed by atoms with Gasteiger partial charge in [-0.3, -0.25) is 4.57 Å². The van der Waals surface area contributed by atoms with Gasteiger partial charge in [0, 0.05) is 23.8 Å². The molecule has 0 saturated carbocycles. The Kier molecular flexibility index (Phi) is 5.58. The second-order valence-electron chi connectivity index (χ2n) is 10.2. The number of fused-ring (bicyclic) bond motifs is 2. The van der Waals surface area contributed by atoms with Crippen molar-refractivity contribution in [2.45, 2.75) is 45.9 Å². The van der Waals surface area contributed by atoms with Crippen molar-refractivity contribution in [2.24, 2.45) is 0 Å². The molecule has 0 atom stereocenters. The monoisotopic (exact) mass is 502 g/mol. The molecule has 6 rings (SSSR count). The van der Waals surface area contributed by atoms with Gasteiger partial charge in [0.1, 0.15) is 5.82 Å². The third-order valence-corrected chi connectivity index (χ3v) is 7.97. The molecular formula is C34H32N2S. The molecule has 3 heteroatoms. The molecule has 0 bridgehead atoms. The van der Waals surface area contributed by atoms with Gasteiger partial charge >= 0.3 is 0 Å². The maximum Gasteiger partial charge on any atom is 0.147 e. The molecule has 0 aliphatic heterocycles. The molecule has 0 radical (unpaired) electrons. The molecule has 0 N–H and O–H groups in total. The van der Waals surface area contributed by atoms with Gasteiger partial charge < -0.3 is 0 Å². The molecule has 0 aliphatic rings. The number of benzene rings is 4. The summed E-state index contributed by atoms with van der Waals surface area (Å²) in [5, 5.41) is 3.21. The predicted molar refractivity (Wildman–Crippen MR) is 159 cm³/mol. The maximum absolute atomic E-state index is 8.98. The highest BCUT2D eigenvalue weighted by atomic mass is 32.1. The molecule has 2 heterocycles. The van der Waals surface area contributed by atoms with Crippen LogP contribution in [0.15, 0.2) is 96.4 Å². The molecule has 184 valence electrons. The predicted octanol–water partition coefficient (Wildman–Crippen LogP) is 9.74. The lowest BCUT2D eigenvalue weighted by Gasteiger charge is -2.22. The Hall–Kier alpha value is -3.69. The van der Waals surface area contributed by atoms with Crippen LogP contribution in [0, 0.1) is 0 Å². The van der Waals surface area contributed by atoms with Crippen LogP contribution in [0.3, 0.4) is 0 Å². The lowest BCUT2D eigenvalue weighted by Crippen LogP contribution is -2.08. The van der Waals surface area contributed by atoms with E-state index in [2.05, 4.69) is 74.0 Å². The molecule has 37 heavy (non-hydrogen) atoms. The van der Waals surface area contributed by atoms with Gasteiger partial charge in [0.25, 0.3) is 0 Å². The maximum atomic E-state index is 8.98. The second kappa shape index (κ2) is 9.64. The zero-order valence-electron chi connectivity index (χ0n) is 23.7. The quantitative estimate of drug-likeness (QED) is 0.222. The molecule has 0 spiro atoms. The number of rotatable bonds is 6. The number of nitrogens with zero attached hydrogens (tertiary/aromatic N) is 2. The Morgan fingerprint density at radius 2 is 1.49 bits per heavy atom. The van der Waals surface area contributed by atoms with Crippen molar-refractivity contribution in [3.05, 3.63) is 119 Å². The molecule has 0 amide bonds. The SMILES string of the molecule is [2H]C([2H])(c1ccccc1)c1ccc2scc(-c3nc4ccccc4n3-c3c(C(C)C)cccc3C(C)C)c2c1. The van der Waals surface area contributed by atoms with E-state index in [-0.39, 0.29) is 0 Å². The van der Waals surface area contributed by atoms with E-state index in [1.807, 2.05) is 54.6 Å². The number of aromatic nitrogens is 2. The average Bonchev–Trinajstić information content (AvgIpc) is 3.53. The van der Waals surface area contributed by atoms with E-state index >= 15 is 0 Å². The second-order valence-corrected chi connectivity index (χ2v) is 11.1. The van der Waals surface area contributed by atoms with Crippen molar-refractivity contribution in [3.8, 4) is 17.1 Å². The molecule has 4 aromatic carbocycles. The lowest BCUT2D eigenvalue weighted by atomic mass is 9.92. The summed E-state index contributed by atoms with van der Waals surface area (Å²) in [6, 6.07) is 30.4. The third kappa shape index (κ3) is 4.28. The zero-order valence-corrected chi connectivity index (χ0v) is 22.5. The van der Waals surface area contributed by atoms with Gasteiger partial charge in [0.2, 0.25) is 0 Å². The molecule has 0 fully saturated rings. The van der Waals surface area contributed by atoms with Crippen LogP contribution >= 0.6 is 11.3 Å². The van der Waals surface area contributed by atoms with E-state index in [0.29, 0.717) is 23.0 Å². The first-order valence-corrected chi connectivity index (χ1v) is 13.8. The minimum atomic E-state index is -1.61. The average molecular weight is 503 g/mol. The van der Waals surface area contributed by atoms with Crippen molar-refractivity contribution in [3.63, 3.8) is 0 Å². The van der Waals surface area contributed by atoms with E-state index < -0.39 is 6.37 Å². The Bertz CT molecular complexity index is 1770. The molecule has 0 unspecified atom stereocenters. The molecule has 0 aliphatic carbocycles. The number of hydrogen-bond acceptors (Lipinski definition) is 2. The molecule has 6 aromatic rings. The highest BCUT2D eigenvalue weighted by Crippen LogP contribution is 2.40. The highest BCUT2D eigenvalue weighted by Gasteiger charge is 2.23. The fourth-order valence-corrected chi connectivity index (χ4v) is 6.09. The van der Waals surface area contributed by atoms with Crippen LogP contribution in [0.2, 0.25) is 0 Å². The molecular weight excluding hydrogens is 468 g/mol. The van der Waals surface area contributed by atoms with Crippen molar-refractivity contribution in [1.29, 1.82) is 0 Å². The van der Waals surface area contributed by atoms with Crippen LogP contribution in [0.4, 0.5) is 0 Å². The topological polar surface area (TPSA) is 17.8 Å². The molecule has 2 nitrogen and oxygen atoms in total. The van der Waals surface area contributed by atoms with Gasteiger partial charge in [-0.05, 0) is 64.7 Å². The number of para-hydroxylation sites is 3. The zero-order chi connectivity index (χ0) is 27.3. The fourth-order valence-electron chi connectivity index (χ4n) is 5.17. The number of imidazole rings is 1.